The fourth-order valence-corrected chi connectivity index (χ4v) is 2.89. The van der Waals surface area contributed by atoms with E-state index in [2.05, 4.69) is 20.3 Å². The number of nitrogens with zero attached hydrogens (tertiary/aromatic N) is 4. The Hall–Kier alpha value is -3.06. The zero-order valence-corrected chi connectivity index (χ0v) is 14.1. The maximum atomic E-state index is 5.62. The lowest BCUT2D eigenvalue weighted by Crippen LogP contribution is -2.09. The predicted molar refractivity (Wildman–Crippen MR) is 98.4 cm³/mol. The van der Waals surface area contributed by atoms with Crippen molar-refractivity contribution in [2.75, 3.05) is 11.9 Å². The number of aromatic nitrogens is 4. The minimum Gasteiger partial charge on any atom is -0.429 e. The molecule has 4 rings (SSSR count). The number of benzene rings is 1. The van der Waals surface area contributed by atoms with Crippen LogP contribution in [-0.4, -0.2) is 26.1 Å². The van der Waals surface area contributed by atoms with Crippen molar-refractivity contribution in [2.45, 2.75) is 6.42 Å². The van der Waals surface area contributed by atoms with Crippen LogP contribution in [0.15, 0.2) is 65.5 Å². The Kier molecular flexibility index (Phi) is 4.22. The van der Waals surface area contributed by atoms with E-state index in [0.29, 0.717) is 16.6 Å². The number of anilines is 1. The van der Waals surface area contributed by atoms with E-state index in [1.54, 1.807) is 23.2 Å². The first-order valence-corrected chi connectivity index (χ1v) is 8.29. The van der Waals surface area contributed by atoms with Crippen LogP contribution in [0.2, 0.25) is 0 Å². The Labute approximate surface area is 149 Å². The van der Waals surface area contributed by atoms with Gasteiger partial charge in [-0.2, -0.15) is 4.98 Å². The highest BCUT2D eigenvalue weighted by atomic mass is 32.1. The third-order valence-corrected chi connectivity index (χ3v) is 4.07. The van der Waals surface area contributed by atoms with Crippen LogP contribution >= 0.6 is 12.2 Å². The van der Waals surface area contributed by atoms with Crippen molar-refractivity contribution in [3.05, 3.63) is 71.5 Å². The molecule has 4 aromatic rings. The Morgan fingerprint density at radius 3 is 2.76 bits per heavy atom. The molecule has 6 nitrogen and oxygen atoms in total. The lowest BCUT2D eigenvalue weighted by Gasteiger charge is -2.07. The van der Waals surface area contributed by atoms with E-state index in [1.807, 2.05) is 42.5 Å². The maximum absolute atomic E-state index is 5.62. The van der Waals surface area contributed by atoms with Gasteiger partial charge in [-0.25, -0.2) is 4.98 Å². The molecule has 124 valence electrons. The molecular formula is C18H15N5OS. The molecule has 0 bridgehead atoms. The van der Waals surface area contributed by atoms with Crippen LogP contribution in [0, 0.1) is 4.84 Å². The molecule has 25 heavy (non-hydrogen) atoms. The molecule has 1 aromatic carbocycles. The molecule has 0 aliphatic rings. The number of para-hydroxylation sites is 2. The maximum Gasteiger partial charge on any atom is 0.275 e. The van der Waals surface area contributed by atoms with E-state index in [9.17, 15) is 0 Å². The average Bonchev–Trinajstić information content (AvgIpc) is 2.98. The summed E-state index contributed by atoms with van der Waals surface area (Å²) in [7, 11) is 0. The summed E-state index contributed by atoms with van der Waals surface area (Å²) in [6.07, 6.45) is 6.15. The molecule has 3 heterocycles. The van der Waals surface area contributed by atoms with Gasteiger partial charge in [-0.05, 0) is 48.5 Å². The minimum atomic E-state index is 0.364. The number of pyridine rings is 1. The number of rotatable bonds is 5. The van der Waals surface area contributed by atoms with Gasteiger partial charge in [0.15, 0.2) is 5.58 Å². The second kappa shape index (κ2) is 6.82. The zero-order valence-electron chi connectivity index (χ0n) is 13.3. The molecule has 0 fully saturated rings. The fraction of sp³-hybridized carbons (Fsp3) is 0.111. The van der Waals surface area contributed by atoms with E-state index in [-0.39, 0.29) is 0 Å². The molecule has 1 N–H and O–H groups in total. The molecule has 0 aliphatic carbocycles. The van der Waals surface area contributed by atoms with E-state index >= 15 is 0 Å². The fourth-order valence-electron chi connectivity index (χ4n) is 2.61. The predicted octanol–water partition coefficient (Wildman–Crippen LogP) is 3.79. The number of hydrogen-bond acceptors (Lipinski definition) is 6. The Bertz CT molecular complexity index is 1060. The highest BCUT2D eigenvalue weighted by Crippen LogP contribution is 2.21. The van der Waals surface area contributed by atoms with Gasteiger partial charge in [0.05, 0.1) is 5.52 Å². The SMILES string of the molecule is S=c1oc2ccccc2n1-c1ccnc(NCCc2ccncc2)n1. The molecule has 3 aromatic heterocycles. The molecule has 0 aliphatic heterocycles. The van der Waals surface area contributed by atoms with Crippen LogP contribution in [0.3, 0.4) is 0 Å². The smallest absolute Gasteiger partial charge is 0.275 e. The van der Waals surface area contributed by atoms with E-state index in [4.69, 9.17) is 16.6 Å². The molecule has 0 spiro atoms. The highest BCUT2D eigenvalue weighted by Gasteiger charge is 2.10. The lowest BCUT2D eigenvalue weighted by atomic mass is 10.2. The Balaban J connectivity index is 1.57. The number of fused-ring (bicyclic) bond motifs is 1. The highest BCUT2D eigenvalue weighted by molar-refractivity contribution is 7.71. The second-order valence-electron chi connectivity index (χ2n) is 5.44. The summed E-state index contributed by atoms with van der Waals surface area (Å²) in [5.41, 5.74) is 2.83. The van der Waals surface area contributed by atoms with Gasteiger partial charge in [0.1, 0.15) is 5.82 Å². The van der Waals surface area contributed by atoms with Gasteiger partial charge in [0.25, 0.3) is 4.84 Å². The number of nitrogens with one attached hydrogen (secondary N) is 1. The van der Waals surface area contributed by atoms with Crippen molar-refractivity contribution >= 4 is 29.3 Å². The molecule has 0 saturated heterocycles. The standard InChI is InChI=1S/C18H15N5OS/c25-18-23(14-3-1-2-4-15(14)24-18)16-8-12-21-17(22-16)20-11-7-13-5-9-19-10-6-13/h1-6,8-10,12H,7,11H2,(H,20,21,22). The van der Waals surface area contributed by atoms with Gasteiger partial charge in [-0.15, -0.1) is 0 Å². The normalized spacial score (nSPS) is 10.9. The quantitative estimate of drug-likeness (QED) is 0.553. The van der Waals surface area contributed by atoms with Crippen molar-refractivity contribution in [3.63, 3.8) is 0 Å². The second-order valence-corrected chi connectivity index (χ2v) is 5.79. The first-order valence-electron chi connectivity index (χ1n) is 7.88. The monoisotopic (exact) mass is 349 g/mol. The summed E-state index contributed by atoms with van der Waals surface area (Å²) < 4.78 is 7.43. The van der Waals surface area contributed by atoms with Gasteiger partial charge >= 0.3 is 0 Å². The summed E-state index contributed by atoms with van der Waals surface area (Å²) in [4.78, 5) is 13.2. The van der Waals surface area contributed by atoms with Crippen LogP contribution in [0.4, 0.5) is 5.95 Å². The first-order chi connectivity index (χ1) is 12.3. The largest absolute Gasteiger partial charge is 0.429 e. The van der Waals surface area contributed by atoms with Gasteiger partial charge in [0, 0.05) is 31.2 Å². The van der Waals surface area contributed by atoms with Gasteiger partial charge in [0.2, 0.25) is 5.95 Å². The summed E-state index contributed by atoms with van der Waals surface area (Å²) in [5.74, 6) is 1.23. The van der Waals surface area contributed by atoms with Crippen molar-refractivity contribution in [1.82, 2.24) is 19.5 Å². The first kappa shape index (κ1) is 15.5. The van der Waals surface area contributed by atoms with Gasteiger partial charge in [-0.1, -0.05) is 12.1 Å². The van der Waals surface area contributed by atoms with E-state index in [0.717, 1.165) is 24.1 Å². The van der Waals surface area contributed by atoms with Crippen molar-refractivity contribution in [1.29, 1.82) is 0 Å². The van der Waals surface area contributed by atoms with Gasteiger partial charge < -0.3 is 9.73 Å². The molecule has 0 unspecified atom stereocenters. The van der Waals surface area contributed by atoms with Crippen LogP contribution in [0.5, 0.6) is 0 Å². The van der Waals surface area contributed by atoms with Crippen LogP contribution in [0.25, 0.3) is 16.9 Å². The zero-order chi connectivity index (χ0) is 17.1. The topological polar surface area (TPSA) is 68.8 Å². The molecule has 0 saturated carbocycles. The molecule has 0 atom stereocenters. The average molecular weight is 349 g/mol. The van der Waals surface area contributed by atoms with Crippen LogP contribution in [-0.2, 0) is 6.42 Å². The van der Waals surface area contributed by atoms with E-state index in [1.165, 1.54) is 5.56 Å². The van der Waals surface area contributed by atoms with Crippen molar-refractivity contribution < 1.29 is 4.42 Å². The minimum absolute atomic E-state index is 0.364. The van der Waals surface area contributed by atoms with Crippen molar-refractivity contribution in [2.24, 2.45) is 0 Å². The van der Waals surface area contributed by atoms with Crippen LogP contribution in [0.1, 0.15) is 5.56 Å². The summed E-state index contributed by atoms with van der Waals surface area (Å²) in [6.45, 7) is 0.727. The summed E-state index contributed by atoms with van der Waals surface area (Å²) in [6, 6.07) is 13.5. The summed E-state index contributed by atoms with van der Waals surface area (Å²) >= 11 is 5.34. The molecule has 7 heteroatoms. The third-order valence-electron chi connectivity index (χ3n) is 3.80. The molecule has 0 radical (unpaired) electrons. The van der Waals surface area contributed by atoms with Gasteiger partial charge in [-0.3, -0.25) is 9.55 Å². The Morgan fingerprint density at radius 2 is 1.88 bits per heavy atom. The lowest BCUT2D eigenvalue weighted by molar-refractivity contribution is 0.568. The number of hydrogen-bond donors (Lipinski definition) is 1. The third kappa shape index (κ3) is 3.27. The van der Waals surface area contributed by atoms with E-state index < -0.39 is 0 Å². The van der Waals surface area contributed by atoms with Crippen LogP contribution < -0.4 is 5.32 Å². The molecule has 0 amide bonds. The molecular weight excluding hydrogens is 334 g/mol. The Morgan fingerprint density at radius 1 is 1.04 bits per heavy atom. The number of oxazole rings is 1. The summed E-state index contributed by atoms with van der Waals surface area (Å²) in [5, 5.41) is 3.24. The van der Waals surface area contributed by atoms with Crippen molar-refractivity contribution in [3.8, 4) is 5.82 Å².